The molecule has 0 aliphatic carbocycles. The van der Waals surface area contributed by atoms with Crippen LogP contribution in [0.1, 0.15) is 47.2 Å². The molecule has 8 heteroatoms. The molecule has 3 N–H and O–H groups in total. The van der Waals surface area contributed by atoms with Crippen molar-refractivity contribution in [1.29, 1.82) is 0 Å². The van der Waals surface area contributed by atoms with Crippen LogP contribution in [0.15, 0.2) is 71.5 Å². The first-order valence-corrected chi connectivity index (χ1v) is 11.7. The number of nitrogens with one attached hydrogen (secondary N) is 1. The van der Waals surface area contributed by atoms with Crippen molar-refractivity contribution in [2.45, 2.75) is 45.6 Å². The van der Waals surface area contributed by atoms with Crippen LogP contribution in [0, 0.1) is 0 Å². The lowest BCUT2D eigenvalue weighted by Crippen LogP contribution is -2.46. The Morgan fingerprint density at radius 3 is 2.34 bits per heavy atom. The van der Waals surface area contributed by atoms with Crippen molar-refractivity contribution in [2.24, 2.45) is 5.73 Å². The molecule has 1 aliphatic rings. The lowest BCUT2D eigenvalue weighted by molar-refractivity contribution is -0.122. The quantitative estimate of drug-likeness (QED) is 0.522. The summed E-state index contributed by atoms with van der Waals surface area (Å²) in [5.74, 6) is -0.603. The highest BCUT2D eigenvalue weighted by atomic mass is 16.5. The van der Waals surface area contributed by atoms with Gasteiger partial charge in [0.2, 0.25) is 11.3 Å². The van der Waals surface area contributed by atoms with Crippen LogP contribution in [0.5, 0.6) is 5.75 Å². The monoisotopic (exact) mass is 474 g/mol. The minimum atomic E-state index is -0.838. The number of ether oxygens (including phenoxy) is 1. The van der Waals surface area contributed by atoms with Crippen LogP contribution in [0.4, 0.5) is 0 Å². The molecule has 0 unspecified atom stereocenters. The number of hydrogen-bond donors (Lipinski definition) is 2. The van der Waals surface area contributed by atoms with Gasteiger partial charge in [-0.25, -0.2) is 0 Å². The largest absolute Gasteiger partial charge is 0.483 e. The lowest BCUT2D eigenvalue weighted by Gasteiger charge is -2.35. The molecular weight excluding hydrogens is 444 g/mol. The topological polar surface area (TPSA) is 107 Å². The number of hydrogen-bond acceptors (Lipinski definition) is 5. The summed E-state index contributed by atoms with van der Waals surface area (Å²) < 4.78 is 7.68. The Labute approximate surface area is 204 Å². The standard InChI is InChI=1S/C27H30N4O4/c1-18(2)30-13-14-31-21(16-29-26(33)23(28)20-11-7-4-8-12-20)15-22(32)25(24(31)27(30)34)35-17-19-9-5-3-6-10-19/h3-12,15,18,23H,13-14,16-17,28H2,1-2H3,(H,29,33)/t23-/m1/s1. The van der Waals surface area contributed by atoms with E-state index < -0.39 is 11.5 Å². The molecule has 3 aromatic rings. The smallest absolute Gasteiger partial charge is 0.274 e. The van der Waals surface area contributed by atoms with E-state index in [1.54, 1.807) is 21.6 Å². The summed E-state index contributed by atoms with van der Waals surface area (Å²) in [6.07, 6.45) is 0. The average molecular weight is 475 g/mol. The van der Waals surface area contributed by atoms with E-state index in [2.05, 4.69) is 5.32 Å². The summed E-state index contributed by atoms with van der Waals surface area (Å²) in [6, 6.07) is 19.1. The molecule has 2 amide bonds. The number of pyridine rings is 1. The van der Waals surface area contributed by atoms with E-state index in [1.807, 2.05) is 62.4 Å². The number of fused-ring (bicyclic) bond motifs is 1. The molecule has 8 nitrogen and oxygen atoms in total. The van der Waals surface area contributed by atoms with E-state index in [0.717, 1.165) is 5.56 Å². The first-order chi connectivity index (χ1) is 16.9. The normalized spacial score (nSPS) is 13.9. The minimum Gasteiger partial charge on any atom is -0.483 e. The van der Waals surface area contributed by atoms with Gasteiger partial charge in [0.25, 0.3) is 5.91 Å². The third kappa shape index (κ3) is 5.27. The molecule has 0 saturated carbocycles. The molecule has 2 aromatic carbocycles. The van der Waals surface area contributed by atoms with Crippen molar-refractivity contribution in [3.63, 3.8) is 0 Å². The molecule has 4 rings (SSSR count). The lowest BCUT2D eigenvalue weighted by atomic mass is 10.1. The number of nitrogens with zero attached hydrogens (tertiary/aromatic N) is 2. The SMILES string of the molecule is CC(C)N1CCn2c(CNC(=O)[C@H](N)c3ccccc3)cc(=O)c(OCc3ccccc3)c2C1=O. The second kappa shape index (κ2) is 10.6. The van der Waals surface area contributed by atoms with Crippen molar-refractivity contribution < 1.29 is 14.3 Å². The van der Waals surface area contributed by atoms with Crippen LogP contribution in [-0.2, 0) is 24.5 Å². The maximum absolute atomic E-state index is 13.4. The van der Waals surface area contributed by atoms with Crippen molar-refractivity contribution in [1.82, 2.24) is 14.8 Å². The number of aromatic nitrogens is 1. The highest BCUT2D eigenvalue weighted by Crippen LogP contribution is 2.24. The van der Waals surface area contributed by atoms with E-state index in [0.29, 0.717) is 24.3 Å². The predicted octanol–water partition coefficient (Wildman–Crippen LogP) is 2.61. The van der Waals surface area contributed by atoms with Crippen molar-refractivity contribution in [3.8, 4) is 5.75 Å². The molecule has 1 aromatic heterocycles. The van der Waals surface area contributed by atoms with Gasteiger partial charge in [0, 0.05) is 30.9 Å². The van der Waals surface area contributed by atoms with E-state index in [-0.39, 0.29) is 42.5 Å². The first-order valence-electron chi connectivity index (χ1n) is 11.7. The van der Waals surface area contributed by atoms with Crippen molar-refractivity contribution >= 4 is 11.8 Å². The van der Waals surface area contributed by atoms with Crippen LogP contribution >= 0.6 is 0 Å². The van der Waals surface area contributed by atoms with Gasteiger partial charge in [-0.05, 0) is 25.0 Å². The highest BCUT2D eigenvalue weighted by Gasteiger charge is 2.32. The Balaban J connectivity index is 1.62. The fourth-order valence-corrected chi connectivity index (χ4v) is 4.20. The number of nitrogens with two attached hydrogens (primary N) is 1. The van der Waals surface area contributed by atoms with Crippen LogP contribution in [-0.4, -0.2) is 33.9 Å². The molecule has 0 saturated heterocycles. The molecule has 0 spiro atoms. The van der Waals surface area contributed by atoms with Gasteiger partial charge >= 0.3 is 0 Å². The Bertz CT molecular complexity index is 1260. The summed E-state index contributed by atoms with van der Waals surface area (Å²) in [4.78, 5) is 40.9. The van der Waals surface area contributed by atoms with Crippen molar-refractivity contribution in [2.75, 3.05) is 6.54 Å². The molecule has 35 heavy (non-hydrogen) atoms. The molecule has 0 fully saturated rings. The molecule has 0 radical (unpaired) electrons. The first kappa shape index (κ1) is 24.2. The number of carbonyl (C=O) groups is 2. The van der Waals surface area contributed by atoms with Gasteiger partial charge in [-0.3, -0.25) is 14.4 Å². The number of benzene rings is 2. The van der Waals surface area contributed by atoms with E-state index >= 15 is 0 Å². The molecule has 182 valence electrons. The summed E-state index contributed by atoms with van der Waals surface area (Å²) >= 11 is 0. The van der Waals surface area contributed by atoms with Gasteiger partial charge in [0.15, 0.2) is 11.4 Å². The summed E-state index contributed by atoms with van der Waals surface area (Å²) in [6.45, 7) is 5.08. The second-order valence-corrected chi connectivity index (χ2v) is 8.80. The third-order valence-corrected chi connectivity index (χ3v) is 6.12. The second-order valence-electron chi connectivity index (χ2n) is 8.80. The molecule has 2 heterocycles. The third-order valence-electron chi connectivity index (χ3n) is 6.12. The van der Waals surface area contributed by atoms with Crippen LogP contribution in [0.25, 0.3) is 0 Å². The Kier molecular flexibility index (Phi) is 7.31. The number of amides is 2. The Hall–Kier alpha value is -3.91. The number of carbonyl (C=O) groups excluding carboxylic acids is 2. The Morgan fingerprint density at radius 1 is 1.03 bits per heavy atom. The van der Waals surface area contributed by atoms with Crippen molar-refractivity contribution in [3.05, 3.63) is 99.5 Å². The van der Waals surface area contributed by atoms with Gasteiger partial charge in [-0.2, -0.15) is 0 Å². The van der Waals surface area contributed by atoms with Crippen LogP contribution in [0.2, 0.25) is 0 Å². The van der Waals surface area contributed by atoms with E-state index in [9.17, 15) is 14.4 Å². The highest BCUT2D eigenvalue weighted by molar-refractivity contribution is 5.96. The van der Waals surface area contributed by atoms with Gasteiger partial charge < -0.3 is 25.3 Å². The molecule has 1 aliphatic heterocycles. The fraction of sp³-hybridized carbons (Fsp3) is 0.296. The zero-order valence-electron chi connectivity index (χ0n) is 19.9. The fourth-order valence-electron chi connectivity index (χ4n) is 4.20. The minimum absolute atomic E-state index is 0.0273. The van der Waals surface area contributed by atoms with Gasteiger partial charge in [0.05, 0.1) is 6.54 Å². The Morgan fingerprint density at radius 2 is 1.69 bits per heavy atom. The maximum atomic E-state index is 13.4. The van der Waals surface area contributed by atoms with Gasteiger partial charge in [0.1, 0.15) is 12.6 Å². The maximum Gasteiger partial charge on any atom is 0.274 e. The summed E-state index contributed by atoms with van der Waals surface area (Å²) in [5.41, 5.74) is 8.03. The summed E-state index contributed by atoms with van der Waals surface area (Å²) in [5, 5.41) is 2.81. The van der Waals surface area contributed by atoms with E-state index in [1.165, 1.54) is 6.07 Å². The molecule has 1 atom stereocenters. The summed E-state index contributed by atoms with van der Waals surface area (Å²) in [7, 11) is 0. The van der Waals surface area contributed by atoms with E-state index in [4.69, 9.17) is 10.5 Å². The zero-order valence-corrected chi connectivity index (χ0v) is 19.9. The van der Waals surface area contributed by atoms with Gasteiger partial charge in [-0.1, -0.05) is 60.7 Å². The molecule has 0 bridgehead atoms. The van der Waals surface area contributed by atoms with Crippen LogP contribution < -0.4 is 21.2 Å². The molecular formula is C27H30N4O4. The zero-order chi connectivity index (χ0) is 24.9. The predicted molar refractivity (Wildman–Crippen MR) is 133 cm³/mol. The van der Waals surface area contributed by atoms with Gasteiger partial charge in [-0.15, -0.1) is 0 Å². The number of rotatable bonds is 8. The average Bonchev–Trinajstić information content (AvgIpc) is 2.87. The van der Waals surface area contributed by atoms with Crippen LogP contribution in [0.3, 0.4) is 0 Å².